The van der Waals surface area contributed by atoms with Crippen LogP contribution in [0.5, 0.6) is 0 Å². The summed E-state index contributed by atoms with van der Waals surface area (Å²) in [7, 11) is 0. The van der Waals surface area contributed by atoms with Crippen LogP contribution in [0.3, 0.4) is 0 Å². The molecule has 0 unspecified atom stereocenters. The summed E-state index contributed by atoms with van der Waals surface area (Å²) >= 11 is 5.91. The van der Waals surface area contributed by atoms with Crippen molar-refractivity contribution in [3.8, 4) is 0 Å². The van der Waals surface area contributed by atoms with Crippen molar-refractivity contribution >= 4 is 11.6 Å². The summed E-state index contributed by atoms with van der Waals surface area (Å²) in [6.07, 6.45) is 3.55. The monoisotopic (exact) mass is 148 g/mol. The molecule has 0 nitrogen and oxygen atoms in total. The van der Waals surface area contributed by atoms with Crippen LogP contribution in [-0.4, -0.2) is 5.38 Å². The largest absolute Gasteiger partial charge is 0.123 e. The van der Waals surface area contributed by atoms with Crippen LogP contribution in [0.15, 0.2) is 0 Å². The van der Waals surface area contributed by atoms with Gasteiger partial charge in [0.1, 0.15) is 0 Å². The Morgan fingerprint density at radius 1 is 1.22 bits per heavy atom. The maximum Gasteiger partial charge on any atom is 0.0333 e. The minimum atomic E-state index is 0.410. The van der Waals surface area contributed by atoms with Gasteiger partial charge in [0.15, 0.2) is 0 Å². The van der Waals surface area contributed by atoms with Crippen LogP contribution < -0.4 is 0 Å². The van der Waals surface area contributed by atoms with Crippen LogP contribution in [0.1, 0.15) is 40.0 Å². The van der Waals surface area contributed by atoms with Crippen LogP contribution in [0.25, 0.3) is 0 Å². The lowest BCUT2D eigenvalue weighted by Gasteiger charge is -2.07. The van der Waals surface area contributed by atoms with Crippen molar-refractivity contribution in [2.24, 2.45) is 5.92 Å². The summed E-state index contributed by atoms with van der Waals surface area (Å²) in [4.78, 5) is 0. The van der Waals surface area contributed by atoms with Gasteiger partial charge in [-0.05, 0) is 25.2 Å². The fourth-order valence-corrected chi connectivity index (χ4v) is 0.844. The lowest BCUT2D eigenvalue weighted by Crippen LogP contribution is -1.98. The number of rotatable bonds is 4. The van der Waals surface area contributed by atoms with Gasteiger partial charge >= 0.3 is 0 Å². The van der Waals surface area contributed by atoms with E-state index in [0.29, 0.717) is 5.38 Å². The second-order valence-corrected chi connectivity index (χ2v) is 3.59. The highest BCUT2D eigenvalue weighted by atomic mass is 35.5. The topological polar surface area (TPSA) is 0 Å². The smallest absolute Gasteiger partial charge is 0.0333 e. The molecule has 0 aromatic heterocycles. The van der Waals surface area contributed by atoms with Crippen LogP contribution in [-0.2, 0) is 0 Å². The number of hydrogen-bond acceptors (Lipinski definition) is 0. The standard InChI is InChI=1S/C8H17Cl/c1-4-8(9)6-5-7(2)3/h7-8H,4-6H2,1-3H3/t8-/m0/s1. The first-order valence-electron chi connectivity index (χ1n) is 3.80. The molecule has 56 valence electrons. The lowest BCUT2D eigenvalue weighted by atomic mass is 10.1. The molecule has 0 bridgehead atoms. The Hall–Kier alpha value is 0.290. The van der Waals surface area contributed by atoms with Crippen molar-refractivity contribution in [1.82, 2.24) is 0 Å². The molecule has 0 N–H and O–H groups in total. The van der Waals surface area contributed by atoms with Crippen molar-refractivity contribution in [3.05, 3.63) is 0 Å². The quantitative estimate of drug-likeness (QED) is 0.536. The summed E-state index contributed by atoms with van der Waals surface area (Å²) in [6.45, 7) is 6.61. The van der Waals surface area contributed by atoms with E-state index in [1.165, 1.54) is 12.8 Å². The summed E-state index contributed by atoms with van der Waals surface area (Å²) in [6, 6.07) is 0. The molecule has 0 aromatic rings. The fourth-order valence-electron chi connectivity index (χ4n) is 0.718. The third-order valence-corrected chi connectivity index (χ3v) is 2.03. The van der Waals surface area contributed by atoms with Crippen LogP contribution in [0.4, 0.5) is 0 Å². The number of halogens is 1. The zero-order valence-electron chi connectivity index (χ0n) is 6.65. The fraction of sp³-hybridized carbons (Fsp3) is 1.00. The Kier molecular flexibility index (Phi) is 5.27. The van der Waals surface area contributed by atoms with E-state index in [4.69, 9.17) is 11.6 Å². The van der Waals surface area contributed by atoms with Gasteiger partial charge in [0.05, 0.1) is 0 Å². The Labute approximate surface area is 63.6 Å². The maximum absolute atomic E-state index is 5.91. The second-order valence-electron chi connectivity index (χ2n) is 2.98. The first kappa shape index (κ1) is 9.29. The highest BCUT2D eigenvalue weighted by molar-refractivity contribution is 6.20. The first-order valence-corrected chi connectivity index (χ1v) is 4.24. The molecule has 0 fully saturated rings. The van der Waals surface area contributed by atoms with E-state index < -0.39 is 0 Å². The van der Waals surface area contributed by atoms with Crippen molar-refractivity contribution in [2.45, 2.75) is 45.4 Å². The Balaban J connectivity index is 3.06. The zero-order valence-corrected chi connectivity index (χ0v) is 7.41. The van der Waals surface area contributed by atoms with Crippen molar-refractivity contribution in [1.29, 1.82) is 0 Å². The molecular weight excluding hydrogens is 132 g/mol. The first-order chi connectivity index (χ1) is 4.16. The molecule has 0 amide bonds. The molecule has 0 heterocycles. The van der Waals surface area contributed by atoms with Gasteiger partial charge in [0.2, 0.25) is 0 Å². The van der Waals surface area contributed by atoms with Crippen molar-refractivity contribution < 1.29 is 0 Å². The highest BCUT2D eigenvalue weighted by Gasteiger charge is 2.01. The zero-order chi connectivity index (χ0) is 7.28. The Morgan fingerprint density at radius 2 is 1.78 bits per heavy atom. The van der Waals surface area contributed by atoms with Gasteiger partial charge in [-0.1, -0.05) is 20.8 Å². The second kappa shape index (κ2) is 5.10. The van der Waals surface area contributed by atoms with E-state index in [1.54, 1.807) is 0 Å². The van der Waals surface area contributed by atoms with Crippen molar-refractivity contribution in [2.75, 3.05) is 0 Å². The molecule has 0 aliphatic rings. The van der Waals surface area contributed by atoms with Gasteiger partial charge in [-0.2, -0.15) is 0 Å². The lowest BCUT2D eigenvalue weighted by molar-refractivity contribution is 0.538. The van der Waals surface area contributed by atoms with Crippen LogP contribution >= 0.6 is 11.6 Å². The predicted molar refractivity (Wildman–Crippen MR) is 44.0 cm³/mol. The molecule has 0 aromatic carbocycles. The van der Waals surface area contributed by atoms with Crippen LogP contribution in [0, 0.1) is 5.92 Å². The molecule has 1 heteroatoms. The summed E-state index contributed by atoms with van der Waals surface area (Å²) in [5.41, 5.74) is 0. The normalized spacial score (nSPS) is 14.3. The van der Waals surface area contributed by atoms with Gasteiger partial charge in [0.25, 0.3) is 0 Å². The Bertz CT molecular complexity index is 59.6. The molecule has 0 saturated heterocycles. The predicted octanol–water partition coefficient (Wildman–Crippen LogP) is 3.44. The molecule has 1 atom stereocenters. The van der Waals surface area contributed by atoms with Gasteiger partial charge in [0, 0.05) is 5.38 Å². The van der Waals surface area contributed by atoms with E-state index in [2.05, 4.69) is 20.8 Å². The van der Waals surface area contributed by atoms with E-state index in [1.807, 2.05) is 0 Å². The summed E-state index contributed by atoms with van der Waals surface area (Å²) < 4.78 is 0. The maximum atomic E-state index is 5.91. The number of alkyl halides is 1. The molecule has 0 radical (unpaired) electrons. The molecular formula is C8H17Cl. The van der Waals surface area contributed by atoms with E-state index in [9.17, 15) is 0 Å². The van der Waals surface area contributed by atoms with Gasteiger partial charge in [-0.25, -0.2) is 0 Å². The highest BCUT2D eigenvalue weighted by Crippen LogP contribution is 2.13. The number of hydrogen-bond donors (Lipinski definition) is 0. The average Bonchev–Trinajstić information content (AvgIpc) is 1.83. The summed E-state index contributed by atoms with van der Waals surface area (Å²) in [5.74, 6) is 0.804. The van der Waals surface area contributed by atoms with Gasteiger partial charge in [-0.15, -0.1) is 11.6 Å². The van der Waals surface area contributed by atoms with Gasteiger partial charge in [-0.3, -0.25) is 0 Å². The summed E-state index contributed by atoms with van der Waals surface area (Å²) in [5, 5.41) is 0.410. The third-order valence-electron chi connectivity index (χ3n) is 1.50. The van der Waals surface area contributed by atoms with E-state index in [0.717, 1.165) is 12.3 Å². The average molecular weight is 149 g/mol. The molecule has 0 aliphatic carbocycles. The minimum absolute atomic E-state index is 0.410. The Morgan fingerprint density at radius 3 is 2.11 bits per heavy atom. The van der Waals surface area contributed by atoms with E-state index >= 15 is 0 Å². The molecule has 9 heavy (non-hydrogen) atoms. The molecule has 0 rings (SSSR count). The third kappa shape index (κ3) is 6.17. The SMILES string of the molecule is CC[C@H](Cl)CCC(C)C. The molecule has 0 saturated carbocycles. The van der Waals surface area contributed by atoms with Gasteiger partial charge < -0.3 is 0 Å². The van der Waals surface area contributed by atoms with E-state index in [-0.39, 0.29) is 0 Å². The molecule has 0 spiro atoms. The molecule has 0 aliphatic heterocycles. The minimum Gasteiger partial charge on any atom is -0.123 e. The van der Waals surface area contributed by atoms with Crippen molar-refractivity contribution in [3.63, 3.8) is 0 Å². The van der Waals surface area contributed by atoms with Crippen LogP contribution in [0.2, 0.25) is 0 Å².